The highest BCUT2D eigenvalue weighted by molar-refractivity contribution is 7.13. The molecular weight excluding hydrogens is 401 g/mol. The maximum absolute atomic E-state index is 12.4. The van der Waals surface area contributed by atoms with Crippen molar-refractivity contribution in [1.82, 2.24) is 9.78 Å². The van der Waals surface area contributed by atoms with E-state index in [1.165, 1.54) is 0 Å². The molecule has 2 heterocycles. The Morgan fingerprint density at radius 3 is 2.52 bits per heavy atom. The zero-order valence-corrected chi connectivity index (χ0v) is 16.2. The molecule has 0 saturated heterocycles. The van der Waals surface area contributed by atoms with Crippen molar-refractivity contribution in [2.24, 2.45) is 0 Å². The summed E-state index contributed by atoms with van der Waals surface area (Å²) in [4.78, 5) is 13.5. The first-order valence-corrected chi connectivity index (χ1v) is 9.70. The van der Waals surface area contributed by atoms with E-state index in [1.54, 1.807) is 46.4 Å². The first-order valence-electron chi connectivity index (χ1n) is 8.06. The Hall–Kier alpha value is -2.60. The molecule has 0 saturated carbocycles. The van der Waals surface area contributed by atoms with Crippen LogP contribution in [0.2, 0.25) is 10.0 Å². The first kappa shape index (κ1) is 17.8. The molecule has 4 aromatic rings. The number of benzene rings is 2. The molecule has 0 atom stereocenters. The van der Waals surface area contributed by atoms with Crippen LogP contribution in [0.15, 0.2) is 72.2 Å². The quantitative estimate of drug-likeness (QED) is 0.435. The Morgan fingerprint density at radius 1 is 1.00 bits per heavy atom. The van der Waals surface area contributed by atoms with Crippen molar-refractivity contribution >= 4 is 46.1 Å². The van der Waals surface area contributed by atoms with E-state index in [0.29, 0.717) is 21.3 Å². The van der Waals surface area contributed by atoms with E-state index in [0.717, 1.165) is 16.3 Å². The lowest BCUT2D eigenvalue weighted by Crippen LogP contribution is -2.12. The summed E-state index contributed by atoms with van der Waals surface area (Å²) in [6.45, 7) is 0. The summed E-state index contributed by atoms with van der Waals surface area (Å²) in [6.07, 6.45) is 1.90. The minimum Gasteiger partial charge on any atom is -0.322 e. The molecule has 134 valence electrons. The number of nitrogens with zero attached hydrogens (tertiary/aromatic N) is 2. The van der Waals surface area contributed by atoms with Crippen LogP contribution in [0.25, 0.3) is 16.3 Å². The maximum atomic E-state index is 12.4. The van der Waals surface area contributed by atoms with Gasteiger partial charge in [0.1, 0.15) is 5.69 Å². The Bertz CT molecular complexity index is 1090. The van der Waals surface area contributed by atoms with Crippen LogP contribution in [0.4, 0.5) is 5.69 Å². The van der Waals surface area contributed by atoms with Gasteiger partial charge < -0.3 is 5.32 Å². The van der Waals surface area contributed by atoms with Crippen LogP contribution in [-0.4, -0.2) is 15.7 Å². The SMILES string of the molecule is O=C(Nc1ccc(Cl)c(Cl)c1)c1ccc(-n2ccc(-c3cccs3)n2)cc1. The number of hydrogen-bond donors (Lipinski definition) is 1. The van der Waals surface area contributed by atoms with Crippen molar-refractivity contribution in [2.45, 2.75) is 0 Å². The number of carbonyl (C=O) groups excluding carboxylic acids is 1. The zero-order chi connectivity index (χ0) is 18.8. The first-order chi connectivity index (χ1) is 13.1. The number of amides is 1. The molecule has 0 fully saturated rings. The number of nitrogens with one attached hydrogen (secondary N) is 1. The summed E-state index contributed by atoms with van der Waals surface area (Å²) in [5, 5.41) is 10.2. The summed E-state index contributed by atoms with van der Waals surface area (Å²) in [7, 11) is 0. The van der Waals surface area contributed by atoms with Crippen LogP contribution in [0.1, 0.15) is 10.4 Å². The molecule has 7 heteroatoms. The van der Waals surface area contributed by atoms with Gasteiger partial charge in [-0.05, 0) is 60.0 Å². The van der Waals surface area contributed by atoms with E-state index in [-0.39, 0.29) is 5.91 Å². The second kappa shape index (κ2) is 7.56. The van der Waals surface area contributed by atoms with Crippen LogP contribution in [0.5, 0.6) is 0 Å². The Kier molecular flexibility index (Phi) is 4.99. The summed E-state index contributed by atoms with van der Waals surface area (Å²) in [6, 6.07) is 18.2. The molecule has 4 nitrogen and oxygen atoms in total. The fourth-order valence-electron chi connectivity index (χ4n) is 2.57. The number of carbonyl (C=O) groups is 1. The highest BCUT2D eigenvalue weighted by Crippen LogP contribution is 2.26. The van der Waals surface area contributed by atoms with Gasteiger partial charge in [0.2, 0.25) is 0 Å². The standard InChI is InChI=1S/C20H13Cl2N3OS/c21-16-8-5-14(12-17(16)22)23-20(26)13-3-6-15(7-4-13)25-10-9-18(24-25)19-2-1-11-27-19/h1-12H,(H,23,26). The summed E-state index contributed by atoms with van der Waals surface area (Å²) in [5.41, 5.74) is 2.93. The molecule has 1 N–H and O–H groups in total. The summed E-state index contributed by atoms with van der Waals surface area (Å²) < 4.78 is 1.79. The van der Waals surface area contributed by atoms with Gasteiger partial charge in [-0.3, -0.25) is 4.79 Å². The van der Waals surface area contributed by atoms with Crippen LogP contribution in [-0.2, 0) is 0 Å². The third-order valence-corrected chi connectivity index (χ3v) is 5.57. The van der Waals surface area contributed by atoms with Gasteiger partial charge in [-0.1, -0.05) is 29.3 Å². The molecule has 1 amide bonds. The molecule has 0 aliphatic rings. The number of anilines is 1. The number of aromatic nitrogens is 2. The van der Waals surface area contributed by atoms with Gasteiger partial charge in [0.15, 0.2) is 0 Å². The van der Waals surface area contributed by atoms with Crippen molar-refractivity contribution in [3.8, 4) is 16.3 Å². The van der Waals surface area contributed by atoms with Crippen LogP contribution in [0.3, 0.4) is 0 Å². The molecule has 4 rings (SSSR count). The summed E-state index contributed by atoms with van der Waals surface area (Å²) in [5.74, 6) is -0.223. The number of halogens is 2. The molecule has 2 aromatic carbocycles. The fourth-order valence-corrected chi connectivity index (χ4v) is 3.55. The van der Waals surface area contributed by atoms with E-state index in [2.05, 4.69) is 10.4 Å². The van der Waals surface area contributed by atoms with Crippen molar-refractivity contribution in [3.63, 3.8) is 0 Å². The van der Waals surface area contributed by atoms with Crippen LogP contribution in [0, 0.1) is 0 Å². The van der Waals surface area contributed by atoms with Gasteiger partial charge in [-0.25, -0.2) is 4.68 Å². The molecule has 0 bridgehead atoms. The number of thiophene rings is 1. The molecule has 0 aliphatic heterocycles. The van der Waals surface area contributed by atoms with Crippen LogP contribution < -0.4 is 5.32 Å². The van der Waals surface area contributed by atoms with E-state index in [4.69, 9.17) is 23.2 Å². The predicted molar refractivity (Wildman–Crippen MR) is 111 cm³/mol. The van der Waals surface area contributed by atoms with Gasteiger partial charge in [-0.15, -0.1) is 11.3 Å². The second-order valence-corrected chi connectivity index (χ2v) is 7.51. The normalized spacial score (nSPS) is 10.7. The zero-order valence-electron chi connectivity index (χ0n) is 13.9. The molecule has 0 aliphatic carbocycles. The average molecular weight is 414 g/mol. The van der Waals surface area contributed by atoms with E-state index < -0.39 is 0 Å². The average Bonchev–Trinajstić information content (AvgIpc) is 3.36. The Morgan fingerprint density at radius 2 is 1.81 bits per heavy atom. The minimum absolute atomic E-state index is 0.223. The highest BCUT2D eigenvalue weighted by atomic mass is 35.5. The van der Waals surface area contributed by atoms with Crippen molar-refractivity contribution in [3.05, 3.63) is 87.8 Å². The molecule has 27 heavy (non-hydrogen) atoms. The van der Waals surface area contributed by atoms with Crippen molar-refractivity contribution < 1.29 is 4.79 Å². The highest BCUT2D eigenvalue weighted by Gasteiger charge is 2.09. The summed E-state index contributed by atoms with van der Waals surface area (Å²) >= 11 is 13.5. The van der Waals surface area contributed by atoms with Gasteiger partial charge in [0.25, 0.3) is 5.91 Å². The third-order valence-electron chi connectivity index (χ3n) is 3.93. The van der Waals surface area contributed by atoms with Gasteiger partial charge in [0.05, 0.1) is 20.6 Å². The van der Waals surface area contributed by atoms with Gasteiger partial charge in [0, 0.05) is 17.4 Å². The molecule has 0 unspecified atom stereocenters. The monoisotopic (exact) mass is 413 g/mol. The number of rotatable bonds is 4. The second-order valence-electron chi connectivity index (χ2n) is 5.75. The fraction of sp³-hybridized carbons (Fsp3) is 0. The van der Waals surface area contributed by atoms with Gasteiger partial charge in [-0.2, -0.15) is 5.10 Å². The number of hydrogen-bond acceptors (Lipinski definition) is 3. The van der Waals surface area contributed by atoms with E-state index in [1.807, 2.05) is 41.9 Å². The van der Waals surface area contributed by atoms with Crippen LogP contribution >= 0.6 is 34.5 Å². The largest absolute Gasteiger partial charge is 0.322 e. The molecular formula is C20H13Cl2N3OS. The third kappa shape index (κ3) is 3.90. The molecule has 0 radical (unpaired) electrons. The Balaban J connectivity index is 1.50. The van der Waals surface area contributed by atoms with Crippen molar-refractivity contribution in [2.75, 3.05) is 5.32 Å². The lowest BCUT2D eigenvalue weighted by atomic mass is 10.2. The van der Waals surface area contributed by atoms with E-state index >= 15 is 0 Å². The van der Waals surface area contributed by atoms with Crippen molar-refractivity contribution in [1.29, 1.82) is 0 Å². The van der Waals surface area contributed by atoms with E-state index in [9.17, 15) is 4.79 Å². The lowest BCUT2D eigenvalue weighted by molar-refractivity contribution is 0.102. The Labute approximate surface area is 170 Å². The maximum Gasteiger partial charge on any atom is 0.255 e. The predicted octanol–water partition coefficient (Wildman–Crippen LogP) is 6.16. The van der Waals surface area contributed by atoms with Gasteiger partial charge >= 0.3 is 0 Å². The topological polar surface area (TPSA) is 46.9 Å². The smallest absolute Gasteiger partial charge is 0.255 e. The minimum atomic E-state index is -0.223. The molecule has 0 spiro atoms. The molecule has 2 aromatic heterocycles. The lowest BCUT2D eigenvalue weighted by Gasteiger charge is -2.07.